The fraction of sp³-hybridized carbons (Fsp3) is 0.278. The Morgan fingerprint density at radius 3 is 2.35 bits per heavy atom. The molecule has 1 N–H and O–H groups in total. The van der Waals surface area contributed by atoms with Crippen LogP contribution in [0.25, 0.3) is 0 Å². The Morgan fingerprint density at radius 2 is 1.74 bits per heavy atom. The van der Waals surface area contributed by atoms with Gasteiger partial charge in [0.15, 0.2) is 6.10 Å². The molecule has 122 valence electrons. The second-order valence-corrected chi connectivity index (χ2v) is 5.55. The van der Waals surface area contributed by atoms with Crippen LogP contribution in [0, 0.1) is 32.4 Å². The van der Waals surface area contributed by atoms with Gasteiger partial charge in [0.2, 0.25) is 0 Å². The van der Waals surface area contributed by atoms with E-state index in [0.717, 1.165) is 28.8 Å². The first-order valence-electron chi connectivity index (χ1n) is 7.29. The number of carbonyl (C=O) groups excluding carboxylic acids is 1. The van der Waals surface area contributed by atoms with E-state index in [4.69, 9.17) is 4.74 Å². The summed E-state index contributed by atoms with van der Waals surface area (Å²) in [5, 5.41) is 2.23. The van der Waals surface area contributed by atoms with Crippen LogP contribution in [0.4, 0.5) is 14.5 Å². The van der Waals surface area contributed by atoms with Crippen molar-refractivity contribution in [1.82, 2.24) is 0 Å². The van der Waals surface area contributed by atoms with Gasteiger partial charge in [-0.2, -0.15) is 0 Å². The van der Waals surface area contributed by atoms with Crippen LogP contribution in [0.1, 0.15) is 23.6 Å². The van der Waals surface area contributed by atoms with Gasteiger partial charge in [-0.1, -0.05) is 12.1 Å². The van der Waals surface area contributed by atoms with E-state index in [2.05, 4.69) is 5.32 Å². The maximum absolute atomic E-state index is 13.6. The highest BCUT2D eigenvalue weighted by atomic mass is 19.1. The SMILES string of the molecule is Cc1cc(C)c(C)c(OC(C)C(=O)Nc2c(F)cccc2F)c1. The van der Waals surface area contributed by atoms with Gasteiger partial charge in [-0.15, -0.1) is 0 Å². The predicted molar refractivity (Wildman–Crippen MR) is 85.7 cm³/mol. The van der Waals surface area contributed by atoms with Gasteiger partial charge >= 0.3 is 0 Å². The van der Waals surface area contributed by atoms with Gasteiger partial charge in [0, 0.05) is 0 Å². The molecule has 0 aromatic heterocycles. The van der Waals surface area contributed by atoms with Gasteiger partial charge in [-0.25, -0.2) is 8.78 Å². The van der Waals surface area contributed by atoms with Crippen molar-refractivity contribution < 1.29 is 18.3 Å². The molecule has 23 heavy (non-hydrogen) atoms. The monoisotopic (exact) mass is 319 g/mol. The molecule has 0 fully saturated rings. The first-order chi connectivity index (χ1) is 10.8. The van der Waals surface area contributed by atoms with Gasteiger partial charge in [-0.05, 0) is 62.6 Å². The highest BCUT2D eigenvalue weighted by Gasteiger charge is 2.19. The summed E-state index contributed by atoms with van der Waals surface area (Å²) >= 11 is 0. The smallest absolute Gasteiger partial charge is 0.265 e. The molecule has 0 spiro atoms. The normalized spacial score (nSPS) is 11.9. The zero-order chi connectivity index (χ0) is 17.1. The van der Waals surface area contributed by atoms with Gasteiger partial charge in [0.05, 0.1) is 0 Å². The number of anilines is 1. The summed E-state index contributed by atoms with van der Waals surface area (Å²) in [4.78, 5) is 12.1. The minimum atomic E-state index is -0.895. The van der Waals surface area contributed by atoms with E-state index in [0.29, 0.717) is 5.75 Å². The second-order valence-electron chi connectivity index (χ2n) is 5.55. The molecule has 1 atom stereocenters. The number of hydrogen-bond acceptors (Lipinski definition) is 2. The van der Waals surface area contributed by atoms with Crippen molar-refractivity contribution in [3.8, 4) is 5.75 Å². The molecule has 2 aromatic rings. The van der Waals surface area contributed by atoms with Crippen LogP contribution >= 0.6 is 0 Å². The summed E-state index contributed by atoms with van der Waals surface area (Å²) < 4.78 is 32.8. The maximum Gasteiger partial charge on any atom is 0.265 e. The fourth-order valence-electron chi connectivity index (χ4n) is 2.21. The van der Waals surface area contributed by atoms with Crippen molar-refractivity contribution in [1.29, 1.82) is 0 Å². The second kappa shape index (κ2) is 6.77. The number of rotatable bonds is 4. The lowest BCUT2D eigenvalue weighted by atomic mass is 10.1. The van der Waals surface area contributed by atoms with Gasteiger partial charge in [0.25, 0.3) is 5.91 Å². The lowest BCUT2D eigenvalue weighted by Gasteiger charge is -2.18. The molecule has 0 aliphatic rings. The van der Waals surface area contributed by atoms with Crippen molar-refractivity contribution in [3.63, 3.8) is 0 Å². The summed E-state index contributed by atoms with van der Waals surface area (Å²) in [5.74, 6) is -1.69. The van der Waals surface area contributed by atoms with E-state index in [1.54, 1.807) is 0 Å². The standard InChI is InChI=1S/C18H19F2NO2/c1-10-8-11(2)12(3)16(9-10)23-13(4)18(22)21-17-14(19)6-5-7-15(17)20/h5-9,13H,1-4H3,(H,21,22). The number of hydrogen-bond donors (Lipinski definition) is 1. The van der Waals surface area contributed by atoms with E-state index in [9.17, 15) is 13.6 Å². The van der Waals surface area contributed by atoms with Gasteiger partial charge in [0.1, 0.15) is 23.1 Å². The Balaban J connectivity index is 2.15. The molecule has 2 aromatic carbocycles. The van der Waals surface area contributed by atoms with Crippen LogP contribution < -0.4 is 10.1 Å². The van der Waals surface area contributed by atoms with Crippen molar-refractivity contribution in [2.75, 3.05) is 5.32 Å². The van der Waals surface area contributed by atoms with Crippen LogP contribution in [-0.2, 0) is 4.79 Å². The number of benzene rings is 2. The molecule has 2 rings (SSSR count). The molecule has 0 radical (unpaired) electrons. The molecular formula is C18H19F2NO2. The maximum atomic E-state index is 13.6. The third-order valence-corrected chi connectivity index (χ3v) is 3.65. The molecule has 0 heterocycles. The van der Waals surface area contributed by atoms with Crippen LogP contribution in [-0.4, -0.2) is 12.0 Å². The molecular weight excluding hydrogens is 300 g/mol. The molecule has 5 heteroatoms. The first kappa shape index (κ1) is 16.9. The molecule has 0 saturated carbocycles. The number of amides is 1. The average Bonchev–Trinajstić information content (AvgIpc) is 2.47. The number of halogens is 2. The fourth-order valence-corrected chi connectivity index (χ4v) is 2.21. The number of aryl methyl sites for hydroxylation is 2. The van der Waals surface area contributed by atoms with Crippen molar-refractivity contribution in [2.24, 2.45) is 0 Å². The highest BCUT2D eigenvalue weighted by Crippen LogP contribution is 2.25. The van der Waals surface area contributed by atoms with Crippen LogP contribution in [0.2, 0.25) is 0 Å². The Hall–Kier alpha value is -2.43. The van der Waals surface area contributed by atoms with Crippen molar-refractivity contribution in [3.05, 3.63) is 58.7 Å². The third-order valence-electron chi connectivity index (χ3n) is 3.65. The summed E-state index contributed by atoms with van der Waals surface area (Å²) in [6.45, 7) is 7.31. The van der Waals surface area contributed by atoms with Crippen LogP contribution in [0.3, 0.4) is 0 Å². The van der Waals surface area contributed by atoms with Crippen LogP contribution in [0.15, 0.2) is 30.3 Å². The summed E-state index contributed by atoms with van der Waals surface area (Å²) in [6, 6.07) is 7.24. The Labute approximate surface area is 134 Å². The molecule has 0 bridgehead atoms. The highest BCUT2D eigenvalue weighted by molar-refractivity contribution is 5.94. The number of carbonyl (C=O) groups is 1. The van der Waals surface area contributed by atoms with E-state index in [-0.39, 0.29) is 0 Å². The lowest BCUT2D eigenvalue weighted by molar-refractivity contribution is -0.122. The van der Waals surface area contributed by atoms with E-state index in [1.807, 2.05) is 32.9 Å². The van der Waals surface area contributed by atoms with E-state index in [1.165, 1.54) is 13.0 Å². The Bertz CT molecular complexity index is 724. The summed E-state index contributed by atoms with van der Waals surface area (Å²) in [7, 11) is 0. The number of nitrogens with one attached hydrogen (secondary N) is 1. The largest absolute Gasteiger partial charge is 0.481 e. The summed E-state index contributed by atoms with van der Waals surface area (Å²) in [6.07, 6.45) is -0.895. The topological polar surface area (TPSA) is 38.3 Å². The minimum Gasteiger partial charge on any atom is -0.481 e. The zero-order valence-electron chi connectivity index (χ0n) is 13.5. The Kier molecular flexibility index (Phi) is 4.98. The number of para-hydroxylation sites is 1. The van der Waals surface area contributed by atoms with Gasteiger partial charge < -0.3 is 10.1 Å². The average molecular weight is 319 g/mol. The molecule has 3 nitrogen and oxygen atoms in total. The minimum absolute atomic E-state index is 0.468. The van der Waals surface area contributed by atoms with Crippen molar-refractivity contribution >= 4 is 11.6 Å². The third kappa shape index (κ3) is 3.86. The van der Waals surface area contributed by atoms with Gasteiger partial charge in [-0.3, -0.25) is 4.79 Å². The van der Waals surface area contributed by atoms with E-state index >= 15 is 0 Å². The number of ether oxygens (including phenoxy) is 1. The predicted octanol–water partition coefficient (Wildman–Crippen LogP) is 4.30. The molecule has 1 unspecified atom stereocenters. The quantitative estimate of drug-likeness (QED) is 0.912. The molecule has 0 aliphatic carbocycles. The first-order valence-corrected chi connectivity index (χ1v) is 7.29. The van der Waals surface area contributed by atoms with E-state index < -0.39 is 29.3 Å². The van der Waals surface area contributed by atoms with Crippen molar-refractivity contribution in [2.45, 2.75) is 33.8 Å². The Morgan fingerprint density at radius 1 is 1.13 bits per heavy atom. The molecule has 0 aliphatic heterocycles. The molecule has 1 amide bonds. The lowest BCUT2D eigenvalue weighted by Crippen LogP contribution is -2.31. The molecule has 0 saturated heterocycles. The zero-order valence-corrected chi connectivity index (χ0v) is 13.5. The summed E-state index contributed by atoms with van der Waals surface area (Å²) in [5.41, 5.74) is 2.51. The van der Waals surface area contributed by atoms with Crippen LogP contribution in [0.5, 0.6) is 5.75 Å².